The SMILES string of the molecule is CCc1ccccc1NC(=O)CNC(=O)CN1C(=O)NC(C)(c2ccccn2)C1=O. The van der Waals surface area contributed by atoms with Crippen molar-refractivity contribution in [1.29, 1.82) is 0 Å². The molecule has 3 rings (SSSR count). The number of urea groups is 1. The van der Waals surface area contributed by atoms with Crippen LogP contribution in [0.5, 0.6) is 0 Å². The number of aromatic nitrogens is 1. The number of amides is 5. The van der Waals surface area contributed by atoms with Crippen molar-refractivity contribution in [2.24, 2.45) is 0 Å². The molecule has 2 heterocycles. The van der Waals surface area contributed by atoms with Gasteiger partial charge in [-0.2, -0.15) is 0 Å². The van der Waals surface area contributed by atoms with E-state index in [4.69, 9.17) is 0 Å². The van der Waals surface area contributed by atoms with E-state index in [0.29, 0.717) is 11.4 Å². The van der Waals surface area contributed by atoms with Gasteiger partial charge in [-0.3, -0.25) is 24.3 Å². The van der Waals surface area contributed by atoms with Crippen LogP contribution in [0.2, 0.25) is 0 Å². The summed E-state index contributed by atoms with van der Waals surface area (Å²) in [6.45, 7) is 2.74. The highest BCUT2D eigenvalue weighted by Crippen LogP contribution is 2.26. The van der Waals surface area contributed by atoms with Crippen LogP contribution in [0.3, 0.4) is 0 Å². The second-order valence-corrected chi connectivity index (χ2v) is 7.00. The van der Waals surface area contributed by atoms with Gasteiger partial charge >= 0.3 is 6.03 Å². The van der Waals surface area contributed by atoms with Gasteiger partial charge in [0.2, 0.25) is 11.8 Å². The number of carbonyl (C=O) groups is 4. The maximum atomic E-state index is 12.8. The minimum absolute atomic E-state index is 0.280. The van der Waals surface area contributed by atoms with Crippen LogP contribution in [-0.4, -0.2) is 46.7 Å². The molecule has 0 radical (unpaired) electrons. The third-order valence-corrected chi connectivity index (χ3v) is 4.87. The van der Waals surface area contributed by atoms with Crippen LogP contribution in [-0.2, 0) is 26.3 Å². The van der Waals surface area contributed by atoms with Crippen LogP contribution in [0.1, 0.15) is 25.1 Å². The Hall–Kier alpha value is -3.75. The number of pyridine rings is 1. The minimum atomic E-state index is -1.35. The molecule has 5 amide bonds. The molecule has 0 saturated carbocycles. The zero-order valence-electron chi connectivity index (χ0n) is 16.8. The fraction of sp³-hybridized carbons (Fsp3) is 0.286. The molecule has 1 fully saturated rings. The minimum Gasteiger partial charge on any atom is -0.345 e. The molecule has 156 valence electrons. The summed E-state index contributed by atoms with van der Waals surface area (Å²) in [5.74, 6) is -1.61. The average molecular weight is 409 g/mol. The van der Waals surface area contributed by atoms with Gasteiger partial charge in [-0.25, -0.2) is 4.79 Å². The van der Waals surface area contributed by atoms with Crippen molar-refractivity contribution in [2.75, 3.05) is 18.4 Å². The molecule has 1 aliphatic rings. The normalized spacial score (nSPS) is 18.1. The van der Waals surface area contributed by atoms with Crippen molar-refractivity contribution < 1.29 is 19.2 Å². The van der Waals surface area contributed by atoms with E-state index in [-0.39, 0.29) is 6.54 Å². The number of nitrogens with one attached hydrogen (secondary N) is 3. The Labute approximate surface area is 173 Å². The number of hydrogen-bond acceptors (Lipinski definition) is 5. The molecule has 0 aliphatic carbocycles. The van der Waals surface area contributed by atoms with Gasteiger partial charge in [0.05, 0.1) is 12.2 Å². The van der Waals surface area contributed by atoms with Crippen LogP contribution in [0, 0.1) is 0 Å². The van der Waals surface area contributed by atoms with E-state index in [0.717, 1.165) is 16.9 Å². The Morgan fingerprint density at radius 3 is 2.53 bits per heavy atom. The van der Waals surface area contributed by atoms with Crippen molar-refractivity contribution in [1.82, 2.24) is 20.5 Å². The number of anilines is 1. The summed E-state index contributed by atoms with van der Waals surface area (Å²) in [6, 6.07) is 11.7. The standard InChI is InChI=1S/C21H23N5O4/c1-3-14-8-4-5-9-15(14)24-17(27)12-23-18(28)13-26-19(29)21(2,25-20(26)30)16-10-6-7-11-22-16/h4-11H,3,12-13H2,1-2H3,(H,23,28)(H,24,27)(H,25,30). The van der Waals surface area contributed by atoms with Gasteiger partial charge < -0.3 is 16.0 Å². The number of para-hydroxylation sites is 1. The number of benzene rings is 1. The van der Waals surface area contributed by atoms with Gasteiger partial charge in [0.1, 0.15) is 6.54 Å². The van der Waals surface area contributed by atoms with E-state index in [1.165, 1.54) is 13.1 Å². The first-order valence-electron chi connectivity index (χ1n) is 9.55. The van der Waals surface area contributed by atoms with Crippen molar-refractivity contribution in [2.45, 2.75) is 25.8 Å². The van der Waals surface area contributed by atoms with E-state index in [2.05, 4.69) is 20.9 Å². The van der Waals surface area contributed by atoms with Crippen LogP contribution in [0.15, 0.2) is 48.7 Å². The quantitative estimate of drug-likeness (QED) is 0.593. The predicted molar refractivity (Wildman–Crippen MR) is 109 cm³/mol. The van der Waals surface area contributed by atoms with Gasteiger partial charge in [0.15, 0.2) is 5.54 Å². The van der Waals surface area contributed by atoms with E-state index in [1.54, 1.807) is 24.3 Å². The van der Waals surface area contributed by atoms with Crippen molar-refractivity contribution >= 4 is 29.4 Å². The highest BCUT2D eigenvalue weighted by molar-refractivity contribution is 6.09. The summed E-state index contributed by atoms with van der Waals surface area (Å²) >= 11 is 0. The second-order valence-electron chi connectivity index (χ2n) is 7.00. The van der Waals surface area contributed by atoms with Crippen molar-refractivity contribution in [3.05, 3.63) is 59.9 Å². The fourth-order valence-corrected chi connectivity index (χ4v) is 3.20. The van der Waals surface area contributed by atoms with Gasteiger partial charge in [0, 0.05) is 11.9 Å². The smallest absolute Gasteiger partial charge is 0.325 e. The molecule has 0 spiro atoms. The molecule has 1 atom stereocenters. The lowest BCUT2D eigenvalue weighted by atomic mass is 9.97. The van der Waals surface area contributed by atoms with Crippen LogP contribution < -0.4 is 16.0 Å². The first kappa shape index (κ1) is 21.0. The molecule has 1 aliphatic heterocycles. The van der Waals surface area contributed by atoms with Gasteiger partial charge in [0.25, 0.3) is 5.91 Å². The Bertz CT molecular complexity index is 978. The van der Waals surface area contributed by atoms with Crippen LogP contribution >= 0.6 is 0 Å². The van der Waals surface area contributed by atoms with Crippen molar-refractivity contribution in [3.63, 3.8) is 0 Å². The Morgan fingerprint density at radius 1 is 1.10 bits per heavy atom. The molecular formula is C21H23N5O4. The molecule has 0 bridgehead atoms. The molecular weight excluding hydrogens is 386 g/mol. The summed E-state index contributed by atoms with van der Waals surface area (Å²) in [5, 5.41) is 7.75. The van der Waals surface area contributed by atoms with Gasteiger partial charge in [-0.15, -0.1) is 0 Å². The third kappa shape index (κ3) is 4.29. The van der Waals surface area contributed by atoms with E-state index in [1.807, 2.05) is 25.1 Å². The Kier molecular flexibility index (Phi) is 6.10. The maximum absolute atomic E-state index is 12.8. The topological polar surface area (TPSA) is 120 Å². The zero-order chi connectivity index (χ0) is 21.7. The summed E-state index contributed by atoms with van der Waals surface area (Å²) < 4.78 is 0. The van der Waals surface area contributed by atoms with Crippen LogP contribution in [0.4, 0.5) is 10.5 Å². The molecule has 9 heteroatoms. The lowest BCUT2D eigenvalue weighted by Crippen LogP contribution is -2.44. The maximum Gasteiger partial charge on any atom is 0.325 e. The van der Waals surface area contributed by atoms with Crippen molar-refractivity contribution in [3.8, 4) is 0 Å². The number of aryl methyl sites for hydroxylation is 1. The number of nitrogens with zero attached hydrogens (tertiary/aromatic N) is 2. The molecule has 1 saturated heterocycles. The van der Waals surface area contributed by atoms with Gasteiger partial charge in [-0.05, 0) is 37.1 Å². The fourth-order valence-electron chi connectivity index (χ4n) is 3.20. The van der Waals surface area contributed by atoms with E-state index < -0.39 is 35.8 Å². The molecule has 30 heavy (non-hydrogen) atoms. The molecule has 1 unspecified atom stereocenters. The number of rotatable bonds is 7. The average Bonchev–Trinajstić information content (AvgIpc) is 2.97. The van der Waals surface area contributed by atoms with Crippen LogP contribution in [0.25, 0.3) is 0 Å². The number of imide groups is 1. The lowest BCUT2D eigenvalue weighted by molar-refractivity contribution is -0.135. The summed E-state index contributed by atoms with van der Waals surface area (Å²) in [4.78, 5) is 54.4. The number of carbonyl (C=O) groups excluding carboxylic acids is 4. The third-order valence-electron chi connectivity index (χ3n) is 4.87. The molecule has 3 N–H and O–H groups in total. The molecule has 1 aromatic heterocycles. The molecule has 1 aromatic carbocycles. The molecule has 2 aromatic rings. The Morgan fingerprint density at radius 2 is 1.83 bits per heavy atom. The van der Waals surface area contributed by atoms with Gasteiger partial charge in [-0.1, -0.05) is 31.2 Å². The number of hydrogen-bond donors (Lipinski definition) is 3. The highest BCUT2D eigenvalue weighted by atomic mass is 16.2. The molecule has 9 nitrogen and oxygen atoms in total. The lowest BCUT2D eigenvalue weighted by Gasteiger charge is -2.20. The highest BCUT2D eigenvalue weighted by Gasteiger charge is 2.50. The van der Waals surface area contributed by atoms with E-state index >= 15 is 0 Å². The predicted octanol–water partition coefficient (Wildman–Crippen LogP) is 1.17. The monoisotopic (exact) mass is 409 g/mol. The first-order chi connectivity index (χ1) is 14.3. The first-order valence-corrected chi connectivity index (χ1v) is 9.55. The summed E-state index contributed by atoms with van der Waals surface area (Å²) in [6.07, 6.45) is 2.27. The largest absolute Gasteiger partial charge is 0.345 e. The summed E-state index contributed by atoms with van der Waals surface area (Å²) in [7, 11) is 0. The zero-order valence-corrected chi connectivity index (χ0v) is 16.8. The second kappa shape index (κ2) is 8.73. The Balaban J connectivity index is 1.56. The summed E-state index contributed by atoms with van der Waals surface area (Å²) in [5.41, 5.74) is 0.685. The van der Waals surface area contributed by atoms with E-state index in [9.17, 15) is 19.2 Å².